The van der Waals surface area contributed by atoms with E-state index in [0.717, 1.165) is 13.1 Å². The standard InChI is InChI=1S/C11H23NO/c1-9(2)7-12-8-11(4,13)10(3)5-6-10/h9,12-13H,5-8H2,1-4H3. The summed E-state index contributed by atoms with van der Waals surface area (Å²) < 4.78 is 0. The van der Waals surface area contributed by atoms with Crippen molar-refractivity contribution in [2.45, 2.75) is 46.1 Å². The van der Waals surface area contributed by atoms with Crippen LogP contribution in [0.4, 0.5) is 0 Å². The second-order valence-electron chi connectivity index (χ2n) is 5.36. The van der Waals surface area contributed by atoms with Crippen LogP contribution in [0.5, 0.6) is 0 Å². The molecule has 0 aromatic carbocycles. The van der Waals surface area contributed by atoms with Crippen molar-refractivity contribution in [2.75, 3.05) is 13.1 Å². The quantitative estimate of drug-likeness (QED) is 0.684. The van der Waals surface area contributed by atoms with Gasteiger partial charge in [0.05, 0.1) is 5.60 Å². The van der Waals surface area contributed by atoms with Crippen LogP contribution in [0, 0.1) is 11.3 Å². The summed E-state index contributed by atoms with van der Waals surface area (Å²) >= 11 is 0. The number of hydrogen-bond donors (Lipinski definition) is 2. The van der Waals surface area contributed by atoms with Crippen LogP contribution in [0.15, 0.2) is 0 Å². The van der Waals surface area contributed by atoms with E-state index in [9.17, 15) is 5.11 Å². The lowest BCUT2D eigenvalue weighted by Gasteiger charge is -2.31. The Morgan fingerprint density at radius 3 is 2.38 bits per heavy atom. The molecule has 0 aromatic heterocycles. The monoisotopic (exact) mass is 185 g/mol. The van der Waals surface area contributed by atoms with Gasteiger partial charge in [-0.2, -0.15) is 0 Å². The maximum absolute atomic E-state index is 10.2. The molecule has 0 amide bonds. The number of hydrogen-bond acceptors (Lipinski definition) is 2. The van der Waals surface area contributed by atoms with Gasteiger partial charge in [0.1, 0.15) is 0 Å². The molecule has 2 heteroatoms. The van der Waals surface area contributed by atoms with Crippen LogP contribution in [0.1, 0.15) is 40.5 Å². The lowest BCUT2D eigenvalue weighted by Crippen LogP contribution is -2.45. The molecule has 1 rings (SSSR count). The molecule has 78 valence electrons. The molecule has 2 N–H and O–H groups in total. The summed E-state index contributed by atoms with van der Waals surface area (Å²) in [4.78, 5) is 0. The van der Waals surface area contributed by atoms with Crippen LogP contribution in [-0.2, 0) is 0 Å². The highest BCUT2D eigenvalue weighted by atomic mass is 16.3. The van der Waals surface area contributed by atoms with Crippen molar-refractivity contribution >= 4 is 0 Å². The molecule has 1 aliphatic carbocycles. The lowest BCUT2D eigenvalue weighted by atomic mass is 9.87. The highest BCUT2D eigenvalue weighted by molar-refractivity contribution is 5.03. The van der Waals surface area contributed by atoms with Gasteiger partial charge in [0, 0.05) is 6.54 Å². The molecule has 1 saturated carbocycles. The summed E-state index contributed by atoms with van der Waals surface area (Å²) in [5.41, 5.74) is -0.348. The second-order valence-corrected chi connectivity index (χ2v) is 5.36. The van der Waals surface area contributed by atoms with Crippen molar-refractivity contribution < 1.29 is 5.11 Å². The van der Waals surface area contributed by atoms with Crippen molar-refractivity contribution in [1.29, 1.82) is 0 Å². The van der Waals surface area contributed by atoms with Crippen LogP contribution >= 0.6 is 0 Å². The van der Waals surface area contributed by atoms with Gasteiger partial charge >= 0.3 is 0 Å². The Balaban J connectivity index is 2.27. The van der Waals surface area contributed by atoms with Crippen LogP contribution in [0.3, 0.4) is 0 Å². The Kier molecular flexibility index (Phi) is 3.03. The molecule has 0 aliphatic heterocycles. The number of rotatable bonds is 5. The zero-order valence-corrected chi connectivity index (χ0v) is 9.35. The number of nitrogens with one attached hydrogen (secondary N) is 1. The average Bonchev–Trinajstić information content (AvgIpc) is 2.68. The van der Waals surface area contributed by atoms with Crippen molar-refractivity contribution in [2.24, 2.45) is 11.3 Å². The van der Waals surface area contributed by atoms with E-state index in [0.29, 0.717) is 5.92 Å². The molecular weight excluding hydrogens is 162 g/mol. The van der Waals surface area contributed by atoms with Gasteiger partial charge in [0.25, 0.3) is 0 Å². The third kappa shape index (κ3) is 2.68. The molecule has 1 atom stereocenters. The van der Waals surface area contributed by atoms with Gasteiger partial charge in [-0.15, -0.1) is 0 Å². The first-order valence-electron chi connectivity index (χ1n) is 5.30. The average molecular weight is 185 g/mol. The number of aliphatic hydroxyl groups is 1. The first-order chi connectivity index (χ1) is 5.87. The fourth-order valence-electron chi connectivity index (χ4n) is 1.54. The lowest BCUT2D eigenvalue weighted by molar-refractivity contribution is -0.00669. The van der Waals surface area contributed by atoms with E-state index in [1.807, 2.05) is 6.92 Å². The fraction of sp³-hybridized carbons (Fsp3) is 1.00. The largest absolute Gasteiger partial charge is 0.388 e. The minimum absolute atomic E-state index is 0.178. The Morgan fingerprint density at radius 2 is 2.00 bits per heavy atom. The van der Waals surface area contributed by atoms with Gasteiger partial charge in [0.2, 0.25) is 0 Å². The molecule has 2 nitrogen and oxygen atoms in total. The molecule has 13 heavy (non-hydrogen) atoms. The minimum atomic E-state index is -0.526. The molecule has 0 aromatic rings. The maximum Gasteiger partial charge on any atom is 0.0796 e. The zero-order chi connectivity index (χ0) is 10.1. The van der Waals surface area contributed by atoms with E-state index in [-0.39, 0.29) is 5.41 Å². The van der Waals surface area contributed by atoms with Gasteiger partial charge < -0.3 is 10.4 Å². The van der Waals surface area contributed by atoms with E-state index in [1.54, 1.807) is 0 Å². The fourth-order valence-corrected chi connectivity index (χ4v) is 1.54. The maximum atomic E-state index is 10.2. The van der Waals surface area contributed by atoms with E-state index >= 15 is 0 Å². The highest BCUT2D eigenvalue weighted by Gasteiger charge is 2.51. The first-order valence-corrected chi connectivity index (χ1v) is 5.30. The summed E-state index contributed by atoms with van der Waals surface area (Å²) in [6.45, 7) is 10.2. The van der Waals surface area contributed by atoms with E-state index in [2.05, 4.69) is 26.1 Å². The third-order valence-corrected chi connectivity index (χ3v) is 3.32. The van der Waals surface area contributed by atoms with Crippen LogP contribution in [-0.4, -0.2) is 23.8 Å². The summed E-state index contributed by atoms with van der Waals surface area (Å²) in [6.07, 6.45) is 2.34. The second kappa shape index (κ2) is 3.58. The summed E-state index contributed by atoms with van der Waals surface area (Å²) in [5, 5.41) is 13.5. The van der Waals surface area contributed by atoms with Gasteiger partial charge in [-0.3, -0.25) is 0 Å². The zero-order valence-electron chi connectivity index (χ0n) is 9.35. The Bertz CT molecular complexity index is 171. The minimum Gasteiger partial charge on any atom is -0.388 e. The smallest absolute Gasteiger partial charge is 0.0796 e. The molecule has 0 bridgehead atoms. The Morgan fingerprint density at radius 1 is 1.46 bits per heavy atom. The summed E-state index contributed by atoms with van der Waals surface area (Å²) in [6, 6.07) is 0. The van der Waals surface area contributed by atoms with Crippen molar-refractivity contribution in [3.05, 3.63) is 0 Å². The van der Waals surface area contributed by atoms with Crippen LogP contribution in [0.25, 0.3) is 0 Å². The highest BCUT2D eigenvalue weighted by Crippen LogP contribution is 2.53. The molecule has 1 aliphatic rings. The summed E-state index contributed by atoms with van der Waals surface area (Å²) in [5.74, 6) is 0.655. The van der Waals surface area contributed by atoms with Gasteiger partial charge in [-0.1, -0.05) is 20.8 Å². The third-order valence-electron chi connectivity index (χ3n) is 3.32. The molecular formula is C11H23NO. The predicted molar refractivity (Wildman–Crippen MR) is 55.7 cm³/mol. The Labute approximate surface area is 81.7 Å². The van der Waals surface area contributed by atoms with Crippen molar-refractivity contribution in [3.63, 3.8) is 0 Å². The topological polar surface area (TPSA) is 32.3 Å². The molecule has 1 fully saturated rings. The normalized spacial score (nSPS) is 24.5. The van der Waals surface area contributed by atoms with E-state index in [1.165, 1.54) is 12.8 Å². The molecule has 0 spiro atoms. The first kappa shape index (κ1) is 11.0. The van der Waals surface area contributed by atoms with Crippen molar-refractivity contribution in [3.8, 4) is 0 Å². The summed E-state index contributed by atoms with van der Waals surface area (Å²) in [7, 11) is 0. The van der Waals surface area contributed by atoms with Crippen molar-refractivity contribution in [1.82, 2.24) is 5.32 Å². The Hall–Kier alpha value is -0.0800. The SMILES string of the molecule is CC(C)CNCC(C)(O)C1(C)CC1. The van der Waals surface area contributed by atoms with E-state index < -0.39 is 5.60 Å². The molecule has 0 saturated heterocycles. The van der Waals surface area contributed by atoms with Crippen LogP contribution < -0.4 is 5.32 Å². The van der Waals surface area contributed by atoms with Gasteiger partial charge in [-0.25, -0.2) is 0 Å². The predicted octanol–water partition coefficient (Wildman–Crippen LogP) is 1.78. The van der Waals surface area contributed by atoms with Gasteiger partial charge in [0.15, 0.2) is 0 Å². The molecule has 1 unspecified atom stereocenters. The van der Waals surface area contributed by atoms with Crippen LogP contribution in [0.2, 0.25) is 0 Å². The molecule has 0 heterocycles. The van der Waals surface area contributed by atoms with E-state index in [4.69, 9.17) is 0 Å². The van der Waals surface area contributed by atoms with Gasteiger partial charge in [-0.05, 0) is 37.6 Å². The molecule has 0 radical (unpaired) electrons.